The fourth-order valence-corrected chi connectivity index (χ4v) is 3.14. The van der Waals surface area contributed by atoms with Crippen LogP contribution in [0.3, 0.4) is 0 Å². The third kappa shape index (κ3) is 3.39. The van der Waals surface area contributed by atoms with Crippen LogP contribution in [-0.2, 0) is 9.47 Å². The summed E-state index contributed by atoms with van der Waals surface area (Å²) in [6.07, 6.45) is 6.45. The van der Waals surface area contributed by atoms with Gasteiger partial charge in [-0.1, -0.05) is 6.08 Å². The number of aromatic nitrogens is 1. The Morgan fingerprint density at radius 3 is 2.68 bits per heavy atom. The van der Waals surface area contributed by atoms with Gasteiger partial charge in [-0.3, -0.25) is 4.79 Å². The van der Waals surface area contributed by atoms with Crippen molar-refractivity contribution in [2.24, 2.45) is 0 Å². The Bertz CT molecular complexity index is 656. The Morgan fingerprint density at radius 1 is 1.32 bits per heavy atom. The van der Waals surface area contributed by atoms with Gasteiger partial charge in [-0.05, 0) is 38.0 Å². The standard InChI is InChI=1S/C16H20N2O3S/c1-5-17-15(19)14-10(2)18-16(22-14)11-6-8-12(20-3)13(21-4)9-7-11/h6,8-9H,5,7H2,1-4H3,(H,17,19). The molecule has 0 atom stereocenters. The molecule has 5 nitrogen and oxygen atoms in total. The number of allylic oxidation sites excluding steroid dienone is 4. The number of rotatable bonds is 5. The fraction of sp³-hybridized carbons (Fsp3) is 0.375. The van der Waals surface area contributed by atoms with Gasteiger partial charge in [-0.2, -0.15) is 0 Å². The van der Waals surface area contributed by atoms with Crippen LogP contribution in [-0.4, -0.2) is 31.7 Å². The lowest BCUT2D eigenvalue weighted by atomic mass is 10.2. The minimum absolute atomic E-state index is 0.0702. The zero-order chi connectivity index (χ0) is 16.1. The molecular weight excluding hydrogens is 300 g/mol. The fourth-order valence-electron chi connectivity index (χ4n) is 2.13. The van der Waals surface area contributed by atoms with E-state index in [1.54, 1.807) is 14.2 Å². The molecule has 0 aromatic carbocycles. The summed E-state index contributed by atoms with van der Waals surface area (Å²) in [5.41, 5.74) is 1.79. The predicted octanol–water partition coefficient (Wildman–Crippen LogP) is 3.05. The molecule has 0 aliphatic heterocycles. The quantitative estimate of drug-likeness (QED) is 0.906. The highest BCUT2D eigenvalue weighted by atomic mass is 32.1. The van der Waals surface area contributed by atoms with Crippen LogP contribution in [0.2, 0.25) is 0 Å². The van der Waals surface area contributed by atoms with Gasteiger partial charge < -0.3 is 14.8 Å². The van der Waals surface area contributed by atoms with E-state index in [0.29, 0.717) is 29.4 Å². The molecule has 1 aromatic heterocycles. The van der Waals surface area contributed by atoms with Gasteiger partial charge in [0.15, 0.2) is 11.5 Å². The summed E-state index contributed by atoms with van der Waals surface area (Å²) in [5, 5.41) is 3.66. The molecule has 1 N–H and O–H groups in total. The number of carbonyl (C=O) groups excluding carboxylic acids is 1. The summed E-state index contributed by atoms with van der Waals surface area (Å²) < 4.78 is 10.6. The van der Waals surface area contributed by atoms with Crippen molar-refractivity contribution in [2.75, 3.05) is 20.8 Å². The number of ether oxygens (including phenoxy) is 2. The SMILES string of the molecule is CCNC(=O)c1sc(C2=CC=C(OC)C(OC)=CC2)nc1C. The second-order valence-corrected chi connectivity index (χ2v) is 5.70. The summed E-state index contributed by atoms with van der Waals surface area (Å²) in [6.45, 7) is 4.36. The molecule has 22 heavy (non-hydrogen) atoms. The number of nitrogens with one attached hydrogen (secondary N) is 1. The summed E-state index contributed by atoms with van der Waals surface area (Å²) >= 11 is 1.41. The zero-order valence-corrected chi connectivity index (χ0v) is 14.0. The number of nitrogens with zero attached hydrogens (tertiary/aromatic N) is 1. The molecule has 118 valence electrons. The molecule has 1 amide bonds. The second kappa shape index (κ2) is 7.26. The second-order valence-electron chi connectivity index (χ2n) is 4.70. The summed E-state index contributed by atoms with van der Waals surface area (Å²) in [4.78, 5) is 17.2. The van der Waals surface area contributed by atoms with E-state index < -0.39 is 0 Å². The van der Waals surface area contributed by atoms with Gasteiger partial charge >= 0.3 is 0 Å². The number of carbonyl (C=O) groups is 1. The van der Waals surface area contributed by atoms with Gasteiger partial charge in [0.2, 0.25) is 0 Å². The Balaban J connectivity index is 2.32. The lowest BCUT2D eigenvalue weighted by Crippen LogP contribution is -2.22. The van der Waals surface area contributed by atoms with Crippen molar-refractivity contribution in [3.63, 3.8) is 0 Å². The summed E-state index contributed by atoms with van der Waals surface area (Å²) in [7, 11) is 3.22. The third-order valence-corrected chi connectivity index (χ3v) is 4.47. The maximum absolute atomic E-state index is 12.0. The van der Waals surface area contributed by atoms with E-state index in [2.05, 4.69) is 10.3 Å². The summed E-state index contributed by atoms with van der Waals surface area (Å²) in [5.74, 6) is 1.31. The zero-order valence-electron chi connectivity index (χ0n) is 13.2. The monoisotopic (exact) mass is 320 g/mol. The highest BCUT2D eigenvalue weighted by Crippen LogP contribution is 2.30. The molecule has 1 aliphatic rings. The van der Waals surface area contributed by atoms with Crippen LogP contribution >= 0.6 is 11.3 Å². The number of amides is 1. The first-order chi connectivity index (χ1) is 10.6. The van der Waals surface area contributed by atoms with E-state index in [1.165, 1.54) is 11.3 Å². The van der Waals surface area contributed by atoms with Gasteiger partial charge in [0.05, 0.1) is 19.9 Å². The Labute approximate surface area is 134 Å². The highest BCUT2D eigenvalue weighted by Gasteiger charge is 2.18. The van der Waals surface area contributed by atoms with E-state index in [0.717, 1.165) is 16.3 Å². The van der Waals surface area contributed by atoms with Gasteiger partial charge in [0.25, 0.3) is 5.91 Å². The molecule has 1 aliphatic carbocycles. The average Bonchev–Trinajstić information content (AvgIpc) is 2.78. The predicted molar refractivity (Wildman–Crippen MR) is 87.6 cm³/mol. The number of hydrogen-bond acceptors (Lipinski definition) is 5. The van der Waals surface area contributed by atoms with Gasteiger partial charge in [-0.15, -0.1) is 11.3 Å². The molecular formula is C16H20N2O3S. The maximum Gasteiger partial charge on any atom is 0.263 e. The van der Waals surface area contributed by atoms with E-state index in [4.69, 9.17) is 9.47 Å². The van der Waals surface area contributed by atoms with Crippen molar-refractivity contribution in [1.82, 2.24) is 10.3 Å². The van der Waals surface area contributed by atoms with Crippen LogP contribution in [0.15, 0.2) is 29.7 Å². The minimum atomic E-state index is -0.0702. The lowest BCUT2D eigenvalue weighted by molar-refractivity contribution is 0.0959. The first-order valence-electron chi connectivity index (χ1n) is 7.06. The largest absolute Gasteiger partial charge is 0.493 e. The lowest BCUT2D eigenvalue weighted by Gasteiger charge is -2.07. The highest BCUT2D eigenvalue weighted by molar-refractivity contribution is 7.14. The third-order valence-electron chi connectivity index (χ3n) is 3.24. The van der Waals surface area contributed by atoms with Crippen molar-refractivity contribution >= 4 is 22.8 Å². The molecule has 0 bridgehead atoms. The minimum Gasteiger partial charge on any atom is -0.493 e. The molecule has 0 saturated carbocycles. The van der Waals surface area contributed by atoms with Gasteiger partial charge in [0.1, 0.15) is 9.88 Å². The van der Waals surface area contributed by atoms with Crippen molar-refractivity contribution in [1.29, 1.82) is 0 Å². The van der Waals surface area contributed by atoms with Crippen molar-refractivity contribution in [3.05, 3.63) is 45.3 Å². The molecule has 0 radical (unpaired) electrons. The molecule has 1 aromatic rings. The van der Waals surface area contributed by atoms with E-state index in [1.807, 2.05) is 32.1 Å². The van der Waals surface area contributed by atoms with E-state index in [-0.39, 0.29) is 5.91 Å². The van der Waals surface area contributed by atoms with E-state index >= 15 is 0 Å². The first kappa shape index (κ1) is 16.3. The number of thiazole rings is 1. The Hall–Kier alpha value is -2.08. The average molecular weight is 320 g/mol. The van der Waals surface area contributed by atoms with Gasteiger partial charge in [-0.25, -0.2) is 4.98 Å². The van der Waals surface area contributed by atoms with Crippen LogP contribution in [0.4, 0.5) is 0 Å². The Kier molecular flexibility index (Phi) is 5.38. The van der Waals surface area contributed by atoms with Crippen LogP contribution in [0.25, 0.3) is 5.57 Å². The van der Waals surface area contributed by atoms with E-state index in [9.17, 15) is 4.79 Å². The summed E-state index contributed by atoms with van der Waals surface area (Å²) in [6, 6.07) is 0. The molecule has 0 fully saturated rings. The molecule has 0 saturated heterocycles. The number of aryl methyl sites for hydroxylation is 1. The van der Waals surface area contributed by atoms with Gasteiger partial charge in [0, 0.05) is 6.54 Å². The molecule has 6 heteroatoms. The van der Waals surface area contributed by atoms with Crippen LogP contribution in [0, 0.1) is 6.92 Å². The Morgan fingerprint density at radius 2 is 2.05 bits per heavy atom. The molecule has 0 spiro atoms. The van der Waals surface area contributed by atoms with Crippen molar-refractivity contribution in [2.45, 2.75) is 20.3 Å². The van der Waals surface area contributed by atoms with Crippen molar-refractivity contribution in [3.8, 4) is 0 Å². The van der Waals surface area contributed by atoms with Crippen LogP contribution < -0.4 is 5.32 Å². The smallest absolute Gasteiger partial charge is 0.263 e. The first-order valence-corrected chi connectivity index (χ1v) is 7.87. The molecule has 1 heterocycles. The van der Waals surface area contributed by atoms with Crippen LogP contribution in [0.1, 0.15) is 33.7 Å². The normalized spacial score (nSPS) is 14.5. The molecule has 2 rings (SSSR count). The number of methoxy groups -OCH3 is 2. The van der Waals surface area contributed by atoms with Crippen molar-refractivity contribution < 1.29 is 14.3 Å². The maximum atomic E-state index is 12.0. The molecule has 0 unspecified atom stereocenters. The van der Waals surface area contributed by atoms with Crippen LogP contribution in [0.5, 0.6) is 0 Å². The topological polar surface area (TPSA) is 60.5 Å². The number of hydrogen-bond donors (Lipinski definition) is 1.